The maximum atomic E-state index is 13.6. The van der Waals surface area contributed by atoms with Gasteiger partial charge in [-0.2, -0.15) is 8.78 Å². The minimum atomic E-state index is -3.01. The molecule has 0 aromatic heterocycles. The number of alkyl halides is 2. The molecule has 0 amide bonds. The van der Waals surface area contributed by atoms with Gasteiger partial charge < -0.3 is 9.84 Å². The van der Waals surface area contributed by atoms with Crippen molar-refractivity contribution in [2.45, 2.75) is 12.7 Å². The van der Waals surface area contributed by atoms with E-state index in [1.807, 2.05) is 0 Å². The fourth-order valence-electron chi connectivity index (χ4n) is 1.77. The zero-order chi connectivity index (χ0) is 14.7. The number of aliphatic hydroxyl groups is 1. The SMILES string of the molecule is OC(c1cccc(OC(F)F)c1)c1cccc(F)c1F. The highest BCUT2D eigenvalue weighted by atomic mass is 19.3. The lowest BCUT2D eigenvalue weighted by Crippen LogP contribution is -2.06. The monoisotopic (exact) mass is 286 g/mol. The lowest BCUT2D eigenvalue weighted by Gasteiger charge is -2.14. The van der Waals surface area contributed by atoms with E-state index in [2.05, 4.69) is 4.74 Å². The molecular weight excluding hydrogens is 276 g/mol. The smallest absolute Gasteiger partial charge is 0.387 e. The summed E-state index contributed by atoms with van der Waals surface area (Å²) in [5.41, 5.74) is -0.160. The second-order valence-electron chi connectivity index (χ2n) is 4.00. The number of rotatable bonds is 4. The maximum absolute atomic E-state index is 13.6. The van der Waals surface area contributed by atoms with Crippen LogP contribution < -0.4 is 4.74 Å². The van der Waals surface area contributed by atoms with Crippen LogP contribution in [0.2, 0.25) is 0 Å². The summed E-state index contributed by atoms with van der Waals surface area (Å²) in [6.07, 6.45) is -1.48. The molecule has 1 atom stereocenters. The summed E-state index contributed by atoms with van der Waals surface area (Å²) in [4.78, 5) is 0. The predicted octanol–water partition coefficient (Wildman–Crippen LogP) is 3.65. The van der Waals surface area contributed by atoms with Crippen LogP contribution in [0.3, 0.4) is 0 Å². The van der Waals surface area contributed by atoms with Gasteiger partial charge in [0.05, 0.1) is 0 Å². The van der Waals surface area contributed by atoms with Gasteiger partial charge in [0, 0.05) is 5.56 Å². The molecule has 0 spiro atoms. The summed E-state index contributed by atoms with van der Waals surface area (Å²) in [7, 11) is 0. The van der Waals surface area contributed by atoms with Gasteiger partial charge in [0.1, 0.15) is 11.9 Å². The molecule has 2 aromatic carbocycles. The van der Waals surface area contributed by atoms with Crippen molar-refractivity contribution in [3.63, 3.8) is 0 Å². The molecule has 2 nitrogen and oxygen atoms in total. The van der Waals surface area contributed by atoms with Crippen LogP contribution in [0.15, 0.2) is 42.5 Å². The zero-order valence-corrected chi connectivity index (χ0v) is 10.1. The van der Waals surface area contributed by atoms with E-state index in [1.165, 1.54) is 30.3 Å². The highest BCUT2D eigenvalue weighted by Crippen LogP contribution is 2.28. The average Bonchev–Trinajstić information content (AvgIpc) is 2.41. The molecule has 1 unspecified atom stereocenters. The molecule has 0 fully saturated rings. The fraction of sp³-hybridized carbons (Fsp3) is 0.143. The summed E-state index contributed by atoms with van der Waals surface area (Å²) >= 11 is 0. The molecule has 0 saturated carbocycles. The zero-order valence-electron chi connectivity index (χ0n) is 10.1. The molecule has 0 aliphatic rings. The van der Waals surface area contributed by atoms with Crippen molar-refractivity contribution in [3.05, 3.63) is 65.2 Å². The Morgan fingerprint density at radius 2 is 1.70 bits per heavy atom. The Morgan fingerprint density at radius 1 is 1.00 bits per heavy atom. The van der Waals surface area contributed by atoms with Crippen molar-refractivity contribution in [2.75, 3.05) is 0 Å². The average molecular weight is 286 g/mol. The second-order valence-corrected chi connectivity index (χ2v) is 4.00. The minimum Gasteiger partial charge on any atom is -0.435 e. The topological polar surface area (TPSA) is 29.5 Å². The molecule has 0 radical (unpaired) electrons. The van der Waals surface area contributed by atoms with Crippen molar-refractivity contribution < 1.29 is 27.4 Å². The molecule has 0 aliphatic heterocycles. The molecule has 0 aliphatic carbocycles. The first kappa shape index (κ1) is 14.3. The van der Waals surface area contributed by atoms with E-state index >= 15 is 0 Å². The second kappa shape index (κ2) is 5.92. The lowest BCUT2D eigenvalue weighted by atomic mass is 10.0. The molecular formula is C14H10F4O2. The predicted molar refractivity (Wildman–Crippen MR) is 63.5 cm³/mol. The van der Waals surface area contributed by atoms with Gasteiger partial charge in [0.2, 0.25) is 0 Å². The van der Waals surface area contributed by atoms with Gasteiger partial charge in [-0.3, -0.25) is 0 Å². The highest BCUT2D eigenvalue weighted by molar-refractivity contribution is 5.36. The van der Waals surface area contributed by atoms with Crippen molar-refractivity contribution in [2.24, 2.45) is 0 Å². The van der Waals surface area contributed by atoms with Crippen molar-refractivity contribution in [3.8, 4) is 5.75 Å². The van der Waals surface area contributed by atoms with Crippen LogP contribution in [0, 0.1) is 11.6 Å². The Kier molecular flexibility index (Phi) is 4.24. The number of benzene rings is 2. The number of halogens is 4. The first-order chi connectivity index (χ1) is 9.49. The third-order valence-corrected chi connectivity index (χ3v) is 2.68. The lowest BCUT2D eigenvalue weighted by molar-refractivity contribution is -0.0499. The summed E-state index contributed by atoms with van der Waals surface area (Å²) < 4.78 is 55.0. The van der Waals surface area contributed by atoms with E-state index in [-0.39, 0.29) is 16.9 Å². The van der Waals surface area contributed by atoms with Gasteiger partial charge in [-0.25, -0.2) is 8.78 Å². The van der Waals surface area contributed by atoms with Crippen molar-refractivity contribution >= 4 is 0 Å². The van der Waals surface area contributed by atoms with Gasteiger partial charge in [-0.1, -0.05) is 24.3 Å². The molecule has 0 bridgehead atoms. The van der Waals surface area contributed by atoms with Gasteiger partial charge in [-0.15, -0.1) is 0 Å². The number of aliphatic hydroxyl groups excluding tert-OH is 1. The third kappa shape index (κ3) is 3.08. The molecule has 20 heavy (non-hydrogen) atoms. The summed E-state index contributed by atoms with van der Waals surface area (Å²) in [5.74, 6) is -2.45. The van der Waals surface area contributed by atoms with Gasteiger partial charge >= 0.3 is 6.61 Å². The molecule has 2 aromatic rings. The van der Waals surface area contributed by atoms with Crippen LogP contribution in [-0.4, -0.2) is 11.7 Å². The Balaban J connectivity index is 2.33. The van der Waals surface area contributed by atoms with Gasteiger partial charge in [-0.05, 0) is 23.8 Å². The van der Waals surface area contributed by atoms with E-state index < -0.39 is 24.3 Å². The van der Waals surface area contributed by atoms with Crippen LogP contribution in [-0.2, 0) is 0 Å². The van der Waals surface area contributed by atoms with E-state index in [1.54, 1.807) is 0 Å². The molecule has 1 N–H and O–H groups in total. The molecule has 6 heteroatoms. The number of hydrogen-bond acceptors (Lipinski definition) is 2. The quantitative estimate of drug-likeness (QED) is 0.869. The Labute approximate surface area is 112 Å². The van der Waals surface area contributed by atoms with Crippen LogP contribution in [0.5, 0.6) is 5.75 Å². The highest BCUT2D eigenvalue weighted by Gasteiger charge is 2.18. The van der Waals surface area contributed by atoms with Crippen LogP contribution in [0.25, 0.3) is 0 Å². The molecule has 106 valence electrons. The third-order valence-electron chi connectivity index (χ3n) is 2.68. The first-order valence-corrected chi connectivity index (χ1v) is 5.66. The largest absolute Gasteiger partial charge is 0.435 e. The van der Waals surface area contributed by atoms with Crippen molar-refractivity contribution in [1.29, 1.82) is 0 Å². The van der Waals surface area contributed by atoms with E-state index in [0.717, 1.165) is 12.1 Å². The minimum absolute atomic E-state index is 0.118. The molecule has 0 saturated heterocycles. The van der Waals surface area contributed by atoms with Crippen molar-refractivity contribution in [1.82, 2.24) is 0 Å². The number of hydrogen-bond donors (Lipinski definition) is 1. The summed E-state index contributed by atoms with van der Waals surface area (Å²) in [5, 5.41) is 10.0. The summed E-state index contributed by atoms with van der Waals surface area (Å²) in [6, 6.07) is 8.55. The molecule has 2 rings (SSSR count). The Bertz CT molecular complexity index is 601. The van der Waals surface area contributed by atoms with E-state index in [0.29, 0.717) is 0 Å². The van der Waals surface area contributed by atoms with Gasteiger partial charge in [0.25, 0.3) is 0 Å². The normalized spacial score (nSPS) is 12.5. The Hall–Kier alpha value is -2.08. The fourth-order valence-corrected chi connectivity index (χ4v) is 1.77. The van der Waals surface area contributed by atoms with E-state index in [4.69, 9.17) is 0 Å². The van der Waals surface area contributed by atoms with Gasteiger partial charge in [0.15, 0.2) is 11.6 Å². The van der Waals surface area contributed by atoms with E-state index in [9.17, 15) is 22.7 Å². The Morgan fingerprint density at radius 3 is 2.40 bits per heavy atom. The number of ether oxygens (including phenoxy) is 1. The first-order valence-electron chi connectivity index (χ1n) is 5.66. The molecule has 0 heterocycles. The van der Waals surface area contributed by atoms with Crippen LogP contribution >= 0.6 is 0 Å². The summed E-state index contributed by atoms with van der Waals surface area (Å²) in [6.45, 7) is -3.01. The van der Waals surface area contributed by atoms with Crippen LogP contribution in [0.1, 0.15) is 17.2 Å². The van der Waals surface area contributed by atoms with Crippen LogP contribution in [0.4, 0.5) is 17.6 Å². The standard InChI is InChI=1S/C14H10F4O2/c15-11-6-2-5-10(12(11)16)13(19)8-3-1-4-9(7-8)20-14(17)18/h1-7,13-14,19H. The maximum Gasteiger partial charge on any atom is 0.387 e.